The molecule has 0 saturated carbocycles. The molecule has 2 aliphatic heterocycles. The van der Waals surface area contributed by atoms with Crippen LogP contribution in [0.25, 0.3) is 0 Å². The van der Waals surface area contributed by atoms with Gasteiger partial charge >= 0.3 is 5.97 Å². The fourth-order valence-corrected chi connectivity index (χ4v) is 6.11. The van der Waals surface area contributed by atoms with Crippen LogP contribution in [0.3, 0.4) is 0 Å². The summed E-state index contributed by atoms with van der Waals surface area (Å²) in [5.74, 6) is -0.237. The average molecular weight is 448 g/mol. The van der Waals surface area contributed by atoms with Gasteiger partial charge in [0.25, 0.3) is 0 Å². The molecule has 0 spiro atoms. The smallest absolute Gasteiger partial charge is 0.319 e. The Kier molecular flexibility index (Phi) is 6.43. The number of ether oxygens (including phenoxy) is 1. The highest BCUT2D eigenvalue weighted by atomic mass is 32.2. The maximum atomic E-state index is 13.0. The summed E-state index contributed by atoms with van der Waals surface area (Å²) in [4.78, 5) is 18.5. The van der Waals surface area contributed by atoms with Crippen molar-refractivity contribution in [2.75, 3.05) is 26.2 Å². The second-order valence-electron chi connectivity index (χ2n) is 7.59. The van der Waals surface area contributed by atoms with Crippen molar-refractivity contribution in [3.05, 3.63) is 54.2 Å². The number of esters is 1. The Balaban J connectivity index is 1.35. The van der Waals surface area contributed by atoms with Gasteiger partial charge in [0, 0.05) is 45.3 Å². The summed E-state index contributed by atoms with van der Waals surface area (Å²) in [7, 11) is -3.58. The summed E-state index contributed by atoms with van der Waals surface area (Å²) in [6, 6.07) is 13.4. The van der Waals surface area contributed by atoms with Crippen LogP contribution in [-0.2, 0) is 26.1 Å². The van der Waals surface area contributed by atoms with Crippen LogP contribution in [0.2, 0.25) is 0 Å². The number of thioether (sulfide) groups is 1. The van der Waals surface area contributed by atoms with Gasteiger partial charge in [-0.3, -0.25) is 9.69 Å². The topological polar surface area (TPSA) is 79.8 Å². The molecule has 0 bridgehead atoms. The highest BCUT2D eigenvalue weighted by molar-refractivity contribution is 8.00. The van der Waals surface area contributed by atoms with E-state index in [0.29, 0.717) is 37.6 Å². The van der Waals surface area contributed by atoms with E-state index in [2.05, 4.69) is 22.0 Å². The van der Waals surface area contributed by atoms with Gasteiger partial charge in [-0.05, 0) is 24.6 Å². The Hall–Kier alpha value is -1.94. The average Bonchev–Trinajstić information content (AvgIpc) is 3.06. The summed E-state index contributed by atoms with van der Waals surface area (Å²) < 4.78 is 32.7. The third-order valence-corrected chi connectivity index (χ3v) is 8.35. The summed E-state index contributed by atoms with van der Waals surface area (Å²) >= 11 is 1.32. The van der Waals surface area contributed by atoms with Crippen molar-refractivity contribution in [3.63, 3.8) is 0 Å². The Morgan fingerprint density at radius 3 is 2.43 bits per heavy atom. The lowest BCUT2D eigenvalue weighted by atomic mass is 10.2. The molecule has 9 heteroatoms. The predicted molar refractivity (Wildman–Crippen MR) is 115 cm³/mol. The van der Waals surface area contributed by atoms with Crippen LogP contribution in [0.5, 0.6) is 0 Å². The SMILES string of the molecule is CC1CC(Sc2ccc(S(=O)(=O)N3CCN(Cc4ccccc4)CC3)cn2)C(=O)O1. The second kappa shape index (κ2) is 9.05. The normalized spacial score (nSPS) is 23.4. The molecule has 4 rings (SSSR count). The van der Waals surface area contributed by atoms with Crippen LogP contribution in [-0.4, -0.2) is 66.1 Å². The minimum Gasteiger partial charge on any atom is -0.462 e. The number of piperazine rings is 1. The Labute approximate surface area is 181 Å². The molecule has 7 nitrogen and oxygen atoms in total. The molecule has 2 atom stereocenters. The number of cyclic esters (lactones) is 1. The molecule has 2 aliphatic rings. The summed E-state index contributed by atoms with van der Waals surface area (Å²) in [5.41, 5.74) is 1.23. The standard InChI is InChI=1S/C21H25N3O4S2/c1-16-13-19(21(25)28-16)29-20-8-7-18(14-22-20)30(26,27)24-11-9-23(10-12-24)15-17-5-3-2-4-6-17/h2-8,14,16,19H,9-13,15H2,1H3. The molecule has 0 radical (unpaired) electrons. The van der Waals surface area contributed by atoms with Crippen molar-refractivity contribution in [2.24, 2.45) is 0 Å². The lowest BCUT2D eigenvalue weighted by molar-refractivity contribution is -0.140. The largest absolute Gasteiger partial charge is 0.462 e. The Morgan fingerprint density at radius 1 is 1.10 bits per heavy atom. The zero-order chi connectivity index (χ0) is 21.1. The third kappa shape index (κ3) is 4.85. The van der Waals surface area contributed by atoms with E-state index in [1.165, 1.54) is 27.8 Å². The summed E-state index contributed by atoms with van der Waals surface area (Å²) in [5, 5.41) is 0.338. The lowest BCUT2D eigenvalue weighted by Gasteiger charge is -2.33. The zero-order valence-electron chi connectivity index (χ0n) is 16.8. The van der Waals surface area contributed by atoms with E-state index in [-0.39, 0.29) is 22.2 Å². The summed E-state index contributed by atoms with van der Waals surface area (Å²) in [6.45, 7) is 4.98. The van der Waals surface area contributed by atoms with Gasteiger partial charge in [-0.2, -0.15) is 4.31 Å². The van der Waals surface area contributed by atoms with Gasteiger partial charge in [0.2, 0.25) is 10.0 Å². The van der Waals surface area contributed by atoms with E-state index >= 15 is 0 Å². The number of aromatic nitrogens is 1. The molecule has 3 heterocycles. The number of hydrogen-bond donors (Lipinski definition) is 0. The van der Waals surface area contributed by atoms with Gasteiger partial charge in [-0.15, -0.1) is 0 Å². The molecular formula is C21H25N3O4S2. The number of benzene rings is 1. The van der Waals surface area contributed by atoms with E-state index < -0.39 is 10.0 Å². The van der Waals surface area contributed by atoms with Crippen molar-refractivity contribution in [1.29, 1.82) is 0 Å². The van der Waals surface area contributed by atoms with Crippen LogP contribution >= 0.6 is 11.8 Å². The number of nitrogens with zero attached hydrogens (tertiary/aromatic N) is 3. The molecule has 2 saturated heterocycles. The van der Waals surface area contributed by atoms with Crippen LogP contribution in [0, 0.1) is 0 Å². The van der Waals surface area contributed by atoms with Gasteiger partial charge in [0.1, 0.15) is 16.2 Å². The molecule has 30 heavy (non-hydrogen) atoms. The van der Waals surface area contributed by atoms with Crippen LogP contribution < -0.4 is 0 Å². The second-order valence-corrected chi connectivity index (χ2v) is 10.7. The van der Waals surface area contributed by atoms with Crippen molar-refractivity contribution in [1.82, 2.24) is 14.2 Å². The predicted octanol–water partition coefficient (Wildman–Crippen LogP) is 2.38. The zero-order valence-corrected chi connectivity index (χ0v) is 18.4. The van der Waals surface area contributed by atoms with Crippen LogP contribution in [0.1, 0.15) is 18.9 Å². The first-order chi connectivity index (χ1) is 14.4. The minimum absolute atomic E-state index is 0.0878. The molecule has 2 unspecified atom stereocenters. The molecular weight excluding hydrogens is 422 g/mol. The van der Waals surface area contributed by atoms with E-state index in [9.17, 15) is 13.2 Å². The maximum Gasteiger partial charge on any atom is 0.319 e. The molecule has 2 aromatic rings. The van der Waals surface area contributed by atoms with Crippen LogP contribution in [0.15, 0.2) is 58.6 Å². The summed E-state index contributed by atoms with van der Waals surface area (Å²) in [6.07, 6.45) is 1.94. The van der Waals surface area contributed by atoms with Crippen molar-refractivity contribution in [3.8, 4) is 0 Å². The number of hydrogen-bond acceptors (Lipinski definition) is 7. The maximum absolute atomic E-state index is 13.0. The van der Waals surface area contributed by atoms with Gasteiger partial charge in [-0.1, -0.05) is 42.1 Å². The van der Waals surface area contributed by atoms with Gasteiger partial charge in [0.05, 0.1) is 5.03 Å². The van der Waals surface area contributed by atoms with Crippen molar-refractivity contribution >= 4 is 27.8 Å². The Morgan fingerprint density at radius 2 is 1.83 bits per heavy atom. The molecule has 0 N–H and O–H groups in total. The van der Waals surface area contributed by atoms with Gasteiger partial charge < -0.3 is 4.74 Å². The molecule has 0 amide bonds. The first kappa shape index (κ1) is 21.3. The highest BCUT2D eigenvalue weighted by Crippen LogP contribution is 2.31. The van der Waals surface area contributed by atoms with Crippen LogP contribution in [0.4, 0.5) is 0 Å². The molecule has 2 fully saturated rings. The first-order valence-electron chi connectivity index (χ1n) is 10.0. The molecule has 0 aliphatic carbocycles. The number of carbonyl (C=O) groups excluding carboxylic acids is 1. The Bertz CT molecular complexity index is 975. The third-order valence-electron chi connectivity index (χ3n) is 5.32. The first-order valence-corrected chi connectivity index (χ1v) is 12.3. The van der Waals surface area contributed by atoms with Gasteiger partial charge in [0.15, 0.2) is 0 Å². The van der Waals surface area contributed by atoms with E-state index in [1.807, 2.05) is 25.1 Å². The van der Waals surface area contributed by atoms with E-state index in [1.54, 1.807) is 12.1 Å². The fraction of sp³-hybridized carbons (Fsp3) is 0.429. The molecule has 1 aromatic heterocycles. The number of carbonyl (C=O) groups is 1. The monoisotopic (exact) mass is 447 g/mol. The molecule has 1 aromatic carbocycles. The van der Waals surface area contributed by atoms with Crippen molar-refractivity contribution < 1.29 is 17.9 Å². The van der Waals surface area contributed by atoms with Crippen molar-refractivity contribution in [2.45, 2.75) is 41.2 Å². The van der Waals surface area contributed by atoms with Gasteiger partial charge in [-0.25, -0.2) is 13.4 Å². The highest BCUT2D eigenvalue weighted by Gasteiger charge is 2.33. The lowest BCUT2D eigenvalue weighted by Crippen LogP contribution is -2.48. The number of sulfonamides is 1. The number of rotatable bonds is 6. The van der Waals surface area contributed by atoms with E-state index in [4.69, 9.17) is 4.74 Å². The van der Waals surface area contributed by atoms with E-state index in [0.717, 1.165) is 6.54 Å². The fourth-order valence-electron chi connectivity index (χ4n) is 3.67. The molecule has 160 valence electrons. The quantitative estimate of drug-likeness (QED) is 0.629. The number of pyridine rings is 1. The minimum atomic E-state index is -3.58.